The predicted molar refractivity (Wildman–Crippen MR) is 68.5 cm³/mol. The molecule has 0 aromatic rings. The summed E-state index contributed by atoms with van der Waals surface area (Å²) in [7, 11) is 1.83. The molecule has 0 aromatic heterocycles. The van der Waals surface area contributed by atoms with Gasteiger partial charge in [-0.1, -0.05) is 13.3 Å². The molecule has 2 unspecified atom stereocenters. The van der Waals surface area contributed by atoms with E-state index in [4.69, 9.17) is 10.5 Å². The number of likely N-dealkylation sites (tertiary alicyclic amines) is 1. The van der Waals surface area contributed by atoms with Crippen molar-refractivity contribution in [2.24, 2.45) is 11.7 Å². The summed E-state index contributed by atoms with van der Waals surface area (Å²) < 4.78 is 5.61. The molecule has 1 saturated heterocycles. The Morgan fingerprint density at radius 2 is 2.25 bits per heavy atom. The zero-order valence-corrected chi connectivity index (χ0v) is 11.2. The average molecular weight is 228 g/mol. The molecule has 2 atom stereocenters. The minimum absolute atomic E-state index is 0.0591. The molecule has 96 valence electrons. The lowest BCUT2D eigenvalue weighted by molar-refractivity contribution is -0.0536. The monoisotopic (exact) mass is 228 g/mol. The van der Waals surface area contributed by atoms with Crippen molar-refractivity contribution in [3.63, 3.8) is 0 Å². The van der Waals surface area contributed by atoms with Gasteiger partial charge in [-0.25, -0.2) is 0 Å². The summed E-state index contributed by atoms with van der Waals surface area (Å²) in [5.74, 6) is 0.657. The van der Waals surface area contributed by atoms with Gasteiger partial charge in [0.1, 0.15) is 0 Å². The lowest BCUT2D eigenvalue weighted by atomic mass is 9.93. The van der Waals surface area contributed by atoms with Crippen molar-refractivity contribution in [3.8, 4) is 0 Å². The van der Waals surface area contributed by atoms with Crippen LogP contribution in [0.3, 0.4) is 0 Å². The van der Waals surface area contributed by atoms with Crippen LogP contribution in [0.2, 0.25) is 0 Å². The normalized spacial score (nSPS) is 29.2. The van der Waals surface area contributed by atoms with Gasteiger partial charge in [0, 0.05) is 20.2 Å². The van der Waals surface area contributed by atoms with E-state index in [1.807, 2.05) is 7.11 Å². The lowest BCUT2D eigenvalue weighted by Crippen LogP contribution is -2.49. The van der Waals surface area contributed by atoms with Crippen LogP contribution < -0.4 is 5.73 Å². The van der Waals surface area contributed by atoms with E-state index in [1.54, 1.807) is 0 Å². The highest BCUT2D eigenvalue weighted by molar-refractivity contribution is 4.85. The SMILES string of the molecule is CCCC(CN)CN1CCCC(C)(OC)C1. The average Bonchev–Trinajstić information content (AvgIpc) is 2.29. The third kappa shape index (κ3) is 4.04. The second kappa shape index (κ2) is 6.58. The Labute approximate surface area is 100 Å². The molecule has 1 rings (SSSR count). The van der Waals surface area contributed by atoms with Crippen molar-refractivity contribution >= 4 is 0 Å². The van der Waals surface area contributed by atoms with Crippen molar-refractivity contribution in [1.29, 1.82) is 0 Å². The van der Waals surface area contributed by atoms with Crippen LogP contribution in [0.1, 0.15) is 39.5 Å². The van der Waals surface area contributed by atoms with E-state index < -0.39 is 0 Å². The number of rotatable bonds is 6. The maximum Gasteiger partial charge on any atom is 0.0777 e. The molecule has 1 heterocycles. The fourth-order valence-corrected chi connectivity index (χ4v) is 2.69. The van der Waals surface area contributed by atoms with Gasteiger partial charge in [-0.05, 0) is 45.2 Å². The molecule has 16 heavy (non-hydrogen) atoms. The molecule has 3 heteroatoms. The maximum absolute atomic E-state index is 5.82. The van der Waals surface area contributed by atoms with Gasteiger partial charge in [-0.15, -0.1) is 0 Å². The summed E-state index contributed by atoms with van der Waals surface area (Å²) in [5, 5.41) is 0. The Kier molecular flexibility index (Phi) is 5.73. The first kappa shape index (κ1) is 13.9. The van der Waals surface area contributed by atoms with Gasteiger partial charge in [0.2, 0.25) is 0 Å². The summed E-state index contributed by atoms with van der Waals surface area (Å²) in [4.78, 5) is 2.53. The minimum atomic E-state index is 0.0591. The first-order chi connectivity index (χ1) is 7.63. The van der Waals surface area contributed by atoms with Crippen LogP contribution in [-0.2, 0) is 4.74 Å². The van der Waals surface area contributed by atoms with Crippen LogP contribution in [0.5, 0.6) is 0 Å². The second-order valence-corrected chi connectivity index (χ2v) is 5.38. The molecule has 3 nitrogen and oxygen atoms in total. The van der Waals surface area contributed by atoms with Gasteiger partial charge >= 0.3 is 0 Å². The van der Waals surface area contributed by atoms with E-state index in [1.165, 1.54) is 32.2 Å². The van der Waals surface area contributed by atoms with Crippen LogP contribution >= 0.6 is 0 Å². The largest absolute Gasteiger partial charge is 0.377 e. The Balaban J connectivity index is 2.41. The van der Waals surface area contributed by atoms with E-state index in [-0.39, 0.29) is 5.60 Å². The Bertz CT molecular complexity index is 198. The van der Waals surface area contributed by atoms with E-state index in [0.29, 0.717) is 5.92 Å². The van der Waals surface area contributed by atoms with E-state index in [2.05, 4.69) is 18.7 Å². The molecule has 1 fully saturated rings. The fourth-order valence-electron chi connectivity index (χ4n) is 2.69. The van der Waals surface area contributed by atoms with Gasteiger partial charge in [0.15, 0.2) is 0 Å². The molecule has 0 spiro atoms. The van der Waals surface area contributed by atoms with Crippen molar-refractivity contribution in [2.45, 2.75) is 45.1 Å². The summed E-state index contributed by atoms with van der Waals surface area (Å²) in [6, 6.07) is 0. The highest BCUT2D eigenvalue weighted by Crippen LogP contribution is 2.24. The van der Waals surface area contributed by atoms with Gasteiger partial charge in [0.05, 0.1) is 5.60 Å². The second-order valence-electron chi connectivity index (χ2n) is 5.38. The molecule has 0 aromatic carbocycles. The molecule has 0 radical (unpaired) electrons. The molecule has 1 aliphatic rings. The number of methoxy groups -OCH3 is 1. The summed E-state index contributed by atoms with van der Waals surface area (Å²) in [6.45, 7) is 8.68. The van der Waals surface area contributed by atoms with Crippen LogP contribution in [-0.4, -0.2) is 43.8 Å². The summed E-state index contributed by atoms with van der Waals surface area (Å²) in [5.41, 5.74) is 5.88. The van der Waals surface area contributed by atoms with Gasteiger partial charge in [-0.3, -0.25) is 0 Å². The first-order valence-corrected chi connectivity index (χ1v) is 6.61. The maximum atomic E-state index is 5.82. The molecule has 1 aliphatic heterocycles. The Hall–Kier alpha value is -0.120. The Morgan fingerprint density at radius 3 is 2.81 bits per heavy atom. The lowest BCUT2D eigenvalue weighted by Gasteiger charge is -2.40. The van der Waals surface area contributed by atoms with Crippen LogP contribution in [0.25, 0.3) is 0 Å². The van der Waals surface area contributed by atoms with Crippen molar-refractivity contribution in [1.82, 2.24) is 4.90 Å². The molecule has 0 aliphatic carbocycles. The summed E-state index contributed by atoms with van der Waals surface area (Å²) in [6.07, 6.45) is 4.91. The topological polar surface area (TPSA) is 38.5 Å². The smallest absolute Gasteiger partial charge is 0.0777 e. The number of ether oxygens (including phenoxy) is 1. The number of piperidine rings is 1. The number of hydrogen-bond donors (Lipinski definition) is 1. The standard InChI is InChI=1S/C13H28N2O/c1-4-6-12(9-14)10-15-8-5-7-13(2,11-15)16-3/h12H,4-11,14H2,1-3H3. The molecule has 0 saturated carbocycles. The minimum Gasteiger partial charge on any atom is -0.377 e. The van der Waals surface area contributed by atoms with Crippen molar-refractivity contribution in [2.75, 3.05) is 33.3 Å². The van der Waals surface area contributed by atoms with Crippen LogP contribution in [0.15, 0.2) is 0 Å². The zero-order valence-electron chi connectivity index (χ0n) is 11.2. The third-order valence-electron chi connectivity index (χ3n) is 3.78. The molecular formula is C13H28N2O. The third-order valence-corrected chi connectivity index (χ3v) is 3.78. The molecule has 0 bridgehead atoms. The van der Waals surface area contributed by atoms with Gasteiger partial charge in [0.25, 0.3) is 0 Å². The molecule has 2 N–H and O–H groups in total. The van der Waals surface area contributed by atoms with Gasteiger partial charge in [-0.2, -0.15) is 0 Å². The van der Waals surface area contributed by atoms with Crippen LogP contribution in [0.4, 0.5) is 0 Å². The van der Waals surface area contributed by atoms with E-state index in [0.717, 1.165) is 19.6 Å². The number of nitrogens with zero attached hydrogens (tertiary/aromatic N) is 1. The number of nitrogens with two attached hydrogens (primary N) is 1. The predicted octanol–water partition coefficient (Wildman–Crippen LogP) is 1.86. The number of hydrogen-bond acceptors (Lipinski definition) is 3. The van der Waals surface area contributed by atoms with Crippen LogP contribution in [0, 0.1) is 5.92 Å². The quantitative estimate of drug-likeness (QED) is 0.754. The van der Waals surface area contributed by atoms with E-state index >= 15 is 0 Å². The van der Waals surface area contributed by atoms with E-state index in [9.17, 15) is 0 Å². The van der Waals surface area contributed by atoms with Gasteiger partial charge < -0.3 is 15.4 Å². The fraction of sp³-hybridized carbons (Fsp3) is 1.00. The van der Waals surface area contributed by atoms with Crippen molar-refractivity contribution < 1.29 is 4.74 Å². The molecular weight excluding hydrogens is 200 g/mol. The highest BCUT2D eigenvalue weighted by atomic mass is 16.5. The summed E-state index contributed by atoms with van der Waals surface area (Å²) >= 11 is 0. The zero-order chi connectivity index (χ0) is 12.0. The van der Waals surface area contributed by atoms with Crippen molar-refractivity contribution in [3.05, 3.63) is 0 Å². The molecule has 0 amide bonds. The highest BCUT2D eigenvalue weighted by Gasteiger charge is 2.31. The Morgan fingerprint density at radius 1 is 1.50 bits per heavy atom. The first-order valence-electron chi connectivity index (χ1n) is 6.61.